The molecule has 0 bridgehead atoms. The number of fused-ring (bicyclic) bond motifs is 1. The Bertz CT molecular complexity index is 1100. The molecule has 0 aliphatic rings. The molecule has 0 saturated carbocycles. The minimum Gasteiger partial charge on any atom is -0.323 e. The number of hydrogen-bond acceptors (Lipinski definition) is 5. The molecule has 1 N–H and O–H groups in total. The molecular formula is C17H14Cl3N3O2S2. The molecule has 0 atom stereocenters. The quantitative estimate of drug-likeness (QED) is 0.422. The van der Waals surface area contributed by atoms with Crippen molar-refractivity contribution in [2.75, 3.05) is 11.1 Å². The van der Waals surface area contributed by atoms with Gasteiger partial charge in [-0.15, -0.1) is 11.3 Å². The molecule has 3 aromatic rings. The average molecular weight is 463 g/mol. The summed E-state index contributed by atoms with van der Waals surface area (Å²) in [6.45, 7) is 3.87. The van der Waals surface area contributed by atoms with E-state index in [0.717, 1.165) is 10.4 Å². The summed E-state index contributed by atoms with van der Waals surface area (Å²) in [5, 5.41) is 4.65. The number of nitrogens with zero attached hydrogens (tertiary/aromatic N) is 2. The Kier molecular flexibility index (Phi) is 6.08. The maximum atomic E-state index is 12.6. The van der Waals surface area contributed by atoms with E-state index in [-0.39, 0.29) is 27.3 Å². The predicted molar refractivity (Wildman–Crippen MR) is 115 cm³/mol. The van der Waals surface area contributed by atoms with Gasteiger partial charge in [-0.3, -0.25) is 14.2 Å². The van der Waals surface area contributed by atoms with Crippen LogP contribution < -0.4 is 10.9 Å². The first-order valence-electron chi connectivity index (χ1n) is 7.73. The zero-order chi connectivity index (χ0) is 19.9. The van der Waals surface area contributed by atoms with Crippen molar-refractivity contribution < 1.29 is 4.79 Å². The summed E-state index contributed by atoms with van der Waals surface area (Å²) in [5.41, 5.74) is 1.13. The third kappa shape index (κ3) is 4.12. The van der Waals surface area contributed by atoms with E-state index in [4.69, 9.17) is 34.8 Å². The molecule has 0 saturated heterocycles. The van der Waals surface area contributed by atoms with Gasteiger partial charge in [-0.25, -0.2) is 4.98 Å². The molecular weight excluding hydrogens is 449 g/mol. The number of thiophene rings is 1. The number of rotatable bonds is 4. The molecule has 3 rings (SSSR count). The van der Waals surface area contributed by atoms with Gasteiger partial charge in [0.2, 0.25) is 5.91 Å². The fourth-order valence-corrected chi connectivity index (χ4v) is 5.21. The Morgan fingerprint density at radius 3 is 2.52 bits per heavy atom. The van der Waals surface area contributed by atoms with Crippen LogP contribution in [0.5, 0.6) is 0 Å². The van der Waals surface area contributed by atoms with Crippen LogP contribution in [0, 0.1) is 13.8 Å². The molecule has 0 aliphatic carbocycles. The summed E-state index contributed by atoms with van der Waals surface area (Å²) in [6, 6.07) is 3.00. The minimum atomic E-state index is -0.320. The summed E-state index contributed by atoms with van der Waals surface area (Å²) >= 11 is 20.7. The summed E-state index contributed by atoms with van der Waals surface area (Å²) in [6.07, 6.45) is 0. The van der Waals surface area contributed by atoms with Crippen LogP contribution >= 0.6 is 57.9 Å². The summed E-state index contributed by atoms with van der Waals surface area (Å²) in [5.74, 6) is -0.274. The molecule has 0 unspecified atom stereocenters. The average Bonchev–Trinajstić information content (AvgIpc) is 2.87. The monoisotopic (exact) mass is 461 g/mol. The van der Waals surface area contributed by atoms with Crippen molar-refractivity contribution >= 4 is 79.7 Å². The summed E-state index contributed by atoms with van der Waals surface area (Å²) in [7, 11) is 1.65. The highest BCUT2D eigenvalue weighted by Crippen LogP contribution is 2.34. The van der Waals surface area contributed by atoms with Crippen molar-refractivity contribution in [3.63, 3.8) is 0 Å². The van der Waals surface area contributed by atoms with Gasteiger partial charge >= 0.3 is 0 Å². The number of anilines is 1. The maximum Gasteiger partial charge on any atom is 0.262 e. The van der Waals surface area contributed by atoms with Crippen LogP contribution in [0.2, 0.25) is 15.1 Å². The zero-order valence-electron chi connectivity index (χ0n) is 14.5. The smallest absolute Gasteiger partial charge is 0.262 e. The van der Waals surface area contributed by atoms with Gasteiger partial charge < -0.3 is 5.32 Å². The molecule has 5 nitrogen and oxygen atoms in total. The first kappa shape index (κ1) is 20.5. The second-order valence-electron chi connectivity index (χ2n) is 5.80. The second-order valence-corrected chi connectivity index (χ2v) is 9.20. The van der Waals surface area contributed by atoms with Crippen molar-refractivity contribution in [1.29, 1.82) is 0 Å². The highest BCUT2D eigenvalue weighted by molar-refractivity contribution is 7.99. The topological polar surface area (TPSA) is 64.0 Å². The van der Waals surface area contributed by atoms with Crippen molar-refractivity contribution in [3.8, 4) is 0 Å². The van der Waals surface area contributed by atoms with E-state index < -0.39 is 0 Å². The minimum absolute atomic E-state index is 0.0460. The summed E-state index contributed by atoms with van der Waals surface area (Å²) in [4.78, 5) is 31.2. The first-order valence-corrected chi connectivity index (χ1v) is 10.7. The highest BCUT2D eigenvalue weighted by Gasteiger charge is 2.17. The highest BCUT2D eigenvalue weighted by atomic mass is 35.5. The lowest BCUT2D eigenvalue weighted by atomic mass is 10.2. The molecule has 27 heavy (non-hydrogen) atoms. The Balaban J connectivity index is 1.80. The number of benzene rings is 1. The van der Waals surface area contributed by atoms with Crippen LogP contribution in [0.15, 0.2) is 22.1 Å². The molecule has 1 amide bonds. The third-order valence-corrected chi connectivity index (χ3v) is 6.92. The van der Waals surface area contributed by atoms with Crippen molar-refractivity contribution in [1.82, 2.24) is 9.55 Å². The van der Waals surface area contributed by atoms with Crippen LogP contribution in [-0.4, -0.2) is 21.2 Å². The van der Waals surface area contributed by atoms with E-state index in [1.165, 1.54) is 39.8 Å². The van der Waals surface area contributed by atoms with E-state index in [0.29, 0.717) is 26.1 Å². The number of aromatic nitrogens is 2. The molecule has 0 spiro atoms. The van der Waals surface area contributed by atoms with E-state index in [2.05, 4.69) is 10.3 Å². The SMILES string of the molecule is Cc1sc2nc(SCC(=O)Nc3c(Cl)cc(Cl)cc3Cl)n(C)c(=O)c2c1C. The van der Waals surface area contributed by atoms with Crippen LogP contribution in [0.4, 0.5) is 5.69 Å². The number of nitrogens with one attached hydrogen (secondary N) is 1. The first-order chi connectivity index (χ1) is 12.7. The largest absolute Gasteiger partial charge is 0.323 e. The van der Waals surface area contributed by atoms with E-state index >= 15 is 0 Å². The molecule has 1 aromatic carbocycles. The zero-order valence-corrected chi connectivity index (χ0v) is 18.4. The standard InChI is InChI=1S/C17H14Cl3N3O2S2/c1-7-8(2)27-15-13(7)16(25)23(3)17(22-15)26-6-12(24)21-14-10(19)4-9(18)5-11(14)20/h4-5H,6H2,1-3H3,(H,21,24). The fraction of sp³-hybridized carbons (Fsp3) is 0.235. The molecule has 0 radical (unpaired) electrons. The molecule has 2 heterocycles. The maximum absolute atomic E-state index is 12.6. The van der Waals surface area contributed by atoms with Crippen LogP contribution in [-0.2, 0) is 11.8 Å². The number of carbonyl (C=O) groups is 1. The summed E-state index contributed by atoms with van der Waals surface area (Å²) < 4.78 is 1.46. The molecule has 0 fully saturated rings. The number of amides is 1. The number of carbonyl (C=O) groups excluding carboxylic acids is 1. The Hall–Kier alpha value is -1.25. The Morgan fingerprint density at radius 1 is 1.26 bits per heavy atom. The van der Waals surface area contributed by atoms with Crippen LogP contribution in [0.3, 0.4) is 0 Å². The second kappa shape index (κ2) is 8.01. The van der Waals surface area contributed by atoms with Gasteiger partial charge in [0.1, 0.15) is 4.83 Å². The normalized spacial score (nSPS) is 11.2. The molecule has 142 valence electrons. The van der Waals surface area contributed by atoms with Gasteiger partial charge in [0.15, 0.2) is 5.16 Å². The molecule has 10 heteroatoms. The fourth-order valence-electron chi connectivity index (χ4n) is 2.45. The van der Waals surface area contributed by atoms with E-state index in [9.17, 15) is 9.59 Å². The predicted octanol–water partition coefficient (Wildman–Crippen LogP) is 5.30. The molecule has 2 aromatic heterocycles. The Labute approximate surface area is 178 Å². The van der Waals surface area contributed by atoms with Gasteiger partial charge in [-0.2, -0.15) is 0 Å². The van der Waals surface area contributed by atoms with E-state index in [1.807, 2.05) is 13.8 Å². The lowest BCUT2D eigenvalue weighted by Crippen LogP contribution is -2.21. The van der Waals surface area contributed by atoms with Crippen LogP contribution in [0.1, 0.15) is 10.4 Å². The van der Waals surface area contributed by atoms with Gasteiger partial charge in [0, 0.05) is 16.9 Å². The lowest BCUT2D eigenvalue weighted by Gasteiger charge is -2.10. The van der Waals surface area contributed by atoms with Gasteiger partial charge in [0.05, 0.1) is 26.9 Å². The number of hydrogen-bond donors (Lipinski definition) is 1. The van der Waals surface area contributed by atoms with Crippen molar-refractivity contribution in [2.45, 2.75) is 19.0 Å². The van der Waals surface area contributed by atoms with Gasteiger partial charge in [0.25, 0.3) is 5.56 Å². The third-order valence-electron chi connectivity index (χ3n) is 3.97. The van der Waals surface area contributed by atoms with Crippen LogP contribution in [0.25, 0.3) is 10.2 Å². The van der Waals surface area contributed by atoms with Gasteiger partial charge in [-0.05, 0) is 31.5 Å². The van der Waals surface area contributed by atoms with Gasteiger partial charge in [-0.1, -0.05) is 46.6 Å². The number of halogens is 3. The van der Waals surface area contributed by atoms with Crippen molar-refractivity contribution in [2.24, 2.45) is 7.05 Å². The van der Waals surface area contributed by atoms with E-state index in [1.54, 1.807) is 7.05 Å². The Morgan fingerprint density at radius 2 is 1.89 bits per heavy atom. The number of thioether (sulfide) groups is 1. The van der Waals surface area contributed by atoms with Crippen molar-refractivity contribution in [3.05, 3.63) is 48.0 Å². The molecule has 0 aliphatic heterocycles. The lowest BCUT2D eigenvalue weighted by molar-refractivity contribution is -0.113. The number of aryl methyl sites for hydroxylation is 2.